The number of amides is 1. The highest BCUT2D eigenvalue weighted by Gasteiger charge is 2.26. The predicted octanol–water partition coefficient (Wildman–Crippen LogP) is 2.06. The third-order valence-electron chi connectivity index (χ3n) is 3.88. The maximum atomic E-state index is 12.4. The number of aromatic amines is 1. The molecule has 0 bridgehead atoms. The first-order chi connectivity index (χ1) is 11.8. The van der Waals surface area contributed by atoms with Crippen LogP contribution in [0.4, 0.5) is 5.95 Å². The minimum atomic E-state index is -0.267. The smallest absolute Gasteiger partial charge is 0.249 e. The number of rotatable bonds is 3. The fourth-order valence-corrected chi connectivity index (χ4v) is 2.64. The number of H-pyrrole nitrogens is 1. The SMILES string of the molecule is O=C(Nc1n[nH]c(-c2ccccn2)n1)[C@@H]1COc2ccccc2C1. The minimum Gasteiger partial charge on any atom is -0.492 e. The van der Waals surface area contributed by atoms with Crippen LogP contribution in [0.2, 0.25) is 0 Å². The van der Waals surface area contributed by atoms with E-state index in [0.29, 0.717) is 24.5 Å². The number of aromatic nitrogens is 4. The molecule has 7 heteroatoms. The number of hydrogen-bond donors (Lipinski definition) is 2. The zero-order valence-electron chi connectivity index (χ0n) is 12.8. The molecule has 0 spiro atoms. The Labute approximate surface area is 138 Å². The number of carbonyl (C=O) groups excluding carboxylic acids is 1. The molecule has 2 N–H and O–H groups in total. The Morgan fingerprint density at radius 2 is 2.08 bits per heavy atom. The van der Waals surface area contributed by atoms with Crippen molar-refractivity contribution < 1.29 is 9.53 Å². The van der Waals surface area contributed by atoms with Gasteiger partial charge in [-0.25, -0.2) is 0 Å². The Morgan fingerprint density at radius 3 is 2.96 bits per heavy atom. The Morgan fingerprint density at radius 1 is 1.21 bits per heavy atom. The van der Waals surface area contributed by atoms with Gasteiger partial charge in [0.25, 0.3) is 0 Å². The van der Waals surface area contributed by atoms with E-state index in [-0.39, 0.29) is 17.8 Å². The van der Waals surface area contributed by atoms with Crippen molar-refractivity contribution in [1.82, 2.24) is 20.2 Å². The average molecular weight is 321 g/mol. The number of carbonyl (C=O) groups is 1. The quantitative estimate of drug-likeness (QED) is 0.770. The van der Waals surface area contributed by atoms with E-state index in [1.54, 1.807) is 6.20 Å². The van der Waals surface area contributed by atoms with Gasteiger partial charge in [0.1, 0.15) is 18.1 Å². The first kappa shape index (κ1) is 14.4. The lowest BCUT2D eigenvalue weighted by Gasteiger charge is -2.23. The summed E-state index contributed by atoms with van der Waals surface area (Å²) < 4.78 is 5.65. The van der Waals surface area contributed by atoms with E-state index in [2.05, 4.69) is 25.5 Å². The van der Waals surface area contributed by atoms with Crippen LogP contribution in [-0.2, 0) is 11.2 Å². The van der Waals surface area contributed by atoms with Crippen molar-refractivity contribution in [1.29, 1.82) is 0 Å². The van der Waals surface area contributed by atoms with Gasteiger partial charge in [0.2, 0.25) is 11.9 Å². The number of ether oxygens (including phenoxy) is 1. The van der Waals surface area contributed by atoms with Crippen LogP contribution in [0.1, 0.15) is 5.56 Å². The first-order valence-electron chi connectivity index (χ1n) is 7.65. The van der Waals surface area contributed by atoms with Crippen LogP contribution < -0.4 is 10.1 Å². The fraction of sp³-hybridized carbons (Fsp3) is 0.176. The van der Waals surface area contributed by atoms with Crippen LogP contribution >= 0.6 is 0 Å². The van der Waals surface area contributed by atoms with E-state index in [9.17, 15) is 4.79 Å². The summed E-state index contributed by atoms with van der Waals surface area (Å²) in [4.78, 5) is 20.9. The minimum absolute atomic E-state index is 0.156. The summed E-state index contributed by atoms with van der Waals surface area (Å²) in [6.45, 7) is 0.348. The Balaban J connectivity index is 1.45. The fourth-order valence-electron chi connectivity index (χ4n) is 2.64. The van der Waals surface area contributed by atoms with Gasteiger partial charge in [-0.1, -0.05) is 24.3 Å². The van der Waals surface area contributed by atoms with Gasteiger partial charge in [0, 0.05) is 6.20 Å². The standard InChI is InChI=1S/C17H15N5O2/c23-16(12-9-11-5-1-2-7-14(11)24-10-12)20-17-19-15(21-22-17)13-6-3-4-8-18-13/h1-8,12H,9-10H2,(H2,19,20,21,22,23)/t12-/m0/s1. The van der Waals surface area contributed by atoms with Crippen molar-refractivity contribution in [2.24, 2.45) is 5.92 Å². The Hall–Kier alpha value is -3.22. The number of anilines is 1. The van der Waals surface area contributed by atoms with E-state index in [1.807, 2.05) is 42.5 Å². The summed E-state index contributed by atoms with van der Waals surface area (Å²) in [5.74, 6) is 1.17. The second-order valence-corrected chi connectivity index (χ2v) is 5.53. The number of nitrogens with one attached hydrogen (secondary N) is 2. The molecule has 1 aliphatic heterocycles. The van der Waals surface area contributed by atoms with Gasteiger partial charge in [-0.3, -0.25) is 20.2 Å². The van der Waals surface area contributed by atoms with Gasteiger partial charge in [-0.05, 0) is 30.2 Å². The van der Waals surface area contributed by atoms with Crippen LogP contribution in [0.15, 0.2) is 48.7 Å². The van der Waals surface area contributed by atoms with Gasteiger partial charge in [0.05, 0.1) is 5.92 Å². The molecule has 2 aromatic heterocycles. The Kier molecular flexibility index (Phi) is 3.66. The van der Waals surface area contributed by atoms with Crippen molar-refractivity contribution in [3.63, 3.8) is 0 Å². The highest BCUT2D eigenvalue weighted by molar-refractivity contribution is 5.91. The molecule has 0 radical (unpaired) electrons. The normalized spacial score (nSPS) is 16.1. The molecule has 1 amide bonds. The summed E-state index contributed by atoms with van der Waals surface area (Å²) in [5.41, 5.74) is 1.70. The molecule has 3 aromatic rings. The molecule has 0 unspecified atom stereocenters. The van der Waals surface area contributed by atoms with Crippen LogP contribution in [0.25, 0.3) is 11.5 Å². The summed E-state index contributed by atoms with van der Waals surface area (Å²) >= 11 is 0. The molecule has 1 aliphatic rings. The van der Waals surface area contributed by atoms with Gasteiger partial charge < -0.3 is 4.74 Å². The number of hydrogen-bond acceptors (Lipinski definition) is 5. The molecule has 1 atom stereocenters. The second-order valence-electron chi connectivity index (χ2n) is 5.53. The zero-order chi connectivity index (χ0) is 16.4. The van der Waals surface area contributed by atoms with Crippen molar-refractivity contribution >= 4 is 11.9 Å². The van der Waals surface area contributed by atoms with Crippen LogP contribution in [0.3, 0.4) is 0 Å². The predicted molar refractivity (Wildman–Crippen MR) is 87.4 cm³/mol. The van der Waals surface area contributed by atoms with Crippen LogP contribution in [0, 0.1) is 5.92 Å². The van der Waals surface area contributed by atoms with E-state index in [1.165, 1.54) is 0 Å². The second kappa shape index (κ2) is 6.11. The number of pyridine rings is 1. The van der Waals surface area contributed by atoms with Crippen molar-refractivity contribution in [3.05, 3.63) is 54.2 Å². The van der Waals surface area contributed by atoms with Crippen LogP contribution in [0.5, 0.6) is 5.75 Å². The third kappa shape index (κ3) is 2.83. The zero-order valence-corrected chi connectivity index (χ0v) is 12.8. The van der Waals surface area contributed by atoms with Gasteiger partial charge in [-0.2, -0.15) is 4.98 Å². The number of benzene rings is 1. The number of para-hydroxylation sites is 1. The Bertz CT molecular complexity index is 862. The highest BCUT2D eigenvalue weighted by atomic mass is 16.5. The molecule has 24 heavy (non-hydrogen) atoms. The molecule has 0 saturated carbocycles. The van der Waals surface area contributed by atoms with Crippen LogP contribution in [-0.4, -0.2) is 32.7 Å². The summed E-state index contributed by atoms with van der Waals surface area (Å²) in [5, 5.41) is 9.53. The monoisotopic (exact) mass is 321 g/mol. The number of fused-ring (bicyclic) bond motifs is 1. The van der Waals surface area contributed by atoms with Crippen molar-refractivity contribution in [3.8, 4) is 17.3 Å². The summed E-state index contributed by atoms with van der Waals surface area (Å²) in [6, 6.07) is 13.3. The molecule has 1 aromatic carbocycles. The topological polar surface area (TPSA) is 92.8 Å². The number of nitrogens with zero attached hydrogens (tertiary/aromatic N) is 3. The molecule has 4 rings (SSSR count). The van der Waals surface area contributed by atoms with Gasteiger partial charge in [-0.15, -0.1) is 5.10 Å². The van der Waals surface area contributed by atoms with E-state index >= 15 is 0 Å². The van der Waals surface area contributed by atoms with E-state index in [0.717, 1.165) is 11.3 Å². The maximum Gasteiger partial charge on any atom is 0.249 e. The summed E-state index contributed by atoms with van der Waals surface area (Å²) in [6.07, 6.45) is 2.31. The molecule has 0 fully saturated rings. The molecular weight excluding hydrogens is 306 g/mol. The van der Waals surface area contributed by atoms with E-state index in [4.69, 9.17) is 4.74 Å². The molecule has 0 aliphatic carbocycles. The average Bonchev–Trinajstić information content (AvgIpc) is 3.10. The van der Waals surface area contributed by atoms with Gasteiger partial charge >= 0.3 is 0 Å². The van der Waals surface area contributed by atoms with Crippen molar-refractivity contribution in [2.45, 2.75) is 6.42 Å². The molecule has 0 saturated heterocycles. The first-order valence-corrected chi connectivity index (χ1v) is 7.65. The van der Waals surface area contributed by atoms with E-state index < -0.39 is 0 Å². The third-order valence-corrected chi connectivity index (χ3v) is 3.88. The lowest BCUT2D eigenvalue weighted by atomic mass is 9.96. The highest BCUT2D eigenvalue weighted by Crippen LogP contribution is 2.27. The van der Waals surface area contributed by atoms with Gasteiger partial charge in [0.15, 0.2) is 5.82 Å². The summed E-state index contributed by atoms with van der Waals surface area (Å²) in [7, 11) is 0. The molecule has 120 valence electrons. The largest absolute Gasteiger partial charge is 0.492 e. The molecule has 3 heterocycles. The molecular formula is C17H15N5O2. The lowest BCUT2D eigenvalue weighted by molar-refractivity contribution is -0.121. The maximum absolute atomic E-state index is 12.4. The molecule has 7 nitrogen and oxygen atoms in total. The van der Waals surface area contributed by atoms with Crippen molar-refractivity contribution in [2.75, 3.05) is 11.9 Å². The lowest BCUT2D eigenvalue weighted by Crippen LogP contribution is -2.32.